The molecule has 0 saturated carbocycles. The molecule has 0 radical (unpaired) electrons. The van der Waals surface area contributed by atoms with Crippen molar-refractivity contribution in [3.63, 3.8) is 0 Å². The molecule has 1 heterocycles. The van der Waals surface area contributed by atoms with Crippen LogP contribution < -0.4 is 0 Å². The van der Waals surface area contributed by atoms with Crippen LogP contribution in [0, 0.1) is 0 Å². The van der Waals surface area contributed by atoms with Gasteiger partial charge < -0.3 is 9.47 Å². The van der Waals surface area contributed by atoms with E-state index in [9.17, 15) is 0 Å². The predicted molar refractivity (Wildman–Crippen MR) is 38.9 cm³/mol. The van der Waals surface area contributed by atoms with E-state index in [1.54, 1.807) is 7.11 Å². The first kappa shape index (κ1) is 7.38. The minimum absolute atomic E-state index is 0.750. The van der Waals surface area contributed by atoms with Gasteiger partial charge in [-0.15, -0.1) is 0 Å². The summed E-state index contributed by atoms with van der Waals surface area (Å²) in [5, 5.41) is 0.750. The molecule has 0 aliphatic carbocycles. The van der Waals surface area contributed by atoms with Crippen molar-refractivity contribution in [3.8, 4) is 0 Å². The van der Waals surface area contributed by atoms with Crippen molar-refractivity contribution in [2.75, 3.05) is 32.7 Å². The summed E-state index contributed by atoms with van der Waals surface area (Å²) in [6, 6.07) is 0. The fraction of sp³-hybridized carbons (Fsp3) is 1.00. The van der Waals surface area contributed by atoms with Crippen molar-refractivity contribution in [3.05, 3.63) is 0 Å². The molecular weight excluding hydrogens is 136 g/mol. The summed E-state index contributed by atoms with van der Waals surface area (Å²) < 4.78 is 9.90. The quantitative estimate of drug-likeness (QED) is 0.548. The third-order valence-electron chi connectivity index (χ3n) is 1.25. The van der Waals surface area contributed by atoms with Gasteiger partial charge in [0.2, 0.25) is 0 Å². The van der Waals surface area contributed by atoms with Gasteiger partial charge in [-0.2, -0.15) is 11.8 Å². The highest BCUT2D eigenvalue weighted by atomic mass is 32.2. The Morgan fingerprint density at radius 3 is 2.89 bits per heavy atom. The predicted octanol–water partition coefficient (Wildman–Crippen LogP) is 0.765. The lowest BCUT2D eigenvalue weighted by atomic mass is 10.4. The lowest BCUT2D eigenvalue weighted by Crippen LogP contribution is -2.30. The van der Waals surface area contributed by atoms with E-state index in [2.05, 4.69) is 0 Å². The Bertz CT molecular complexity index is 73.5. The van der Waals surface area contributed by atoms with Crippen LogP contribution in [0.2, 0.25) is 0 Å². The maximum Gasteiger partial charge on any atom is 0.0607 e. The van der Waals surface area contributed by atoms with Gasteiger partial charge in [0.05, 0.1) is 25.1 Å². The van der Waals surface area contributed by atoms with Gasteiger partial charge in [-0.25, -0.2) is 0 Å². The number of thioether (sulfide) groups is 1. The first-order valence-electron chi connectivity index (χ1n) is 3.12. The molecule has 0 aromatic heterocycles. The molecule has 2 nitrogen and oxygen atoms in total. The Morgan fingerprint density at radius 1 is 1.67 bits per heavy atom. The van der Waals surface area contributed by atoms with Crippen molar-refractivity contribution < 1.29 is 9.47 Å². The number of rotatable bonds is 4. The lowest BCUT2D eigenvalue weighted by molar-refractivity contribution is 0.0454. The van der Waals surface area contributed by atoms with Crippen LogP contribution in [-0.2, 0) is 9.47 Å². The molecule has 0 atom stereocenters. The van der Waals surface area contributed by atoms with E-state index in [1.165, 1.54) is 0 Å². The molecule has 0 spiro atoms. The summed E-state index contributed by atoms with van der Waals surface area (Å²) in [6.07, 6.45) is 0. The molecule has 1 saturated heterocycles. The summed E-state index contributed by atoms with van der Waals surface area (Å²) in [7, 11) is 1.73. The zero-order valence-corrected chi connectivity index (χ0v) is 6.45. The van der Waals surface area contributed by atoms with Crippen LogP contribution in [0.25, 0.3) is 0 Å². The molecule has 1 aliphatic heterocycles. The Labute approximate surface area is 59.9 Å². The molecule has 0 unspecified atom stereocenters. The van der Waals surface area contributed by atoms with Crippen LogP contribution >= 0.6 is 11.8 Å². The highest BCUT2D eigenvalue weighted by Crippen LogP contribution is 2.17. The molecular formula is C6H12O2S. The summed E-state index contributed by atoms with van der Waals surface area (Å²) in [5.74, 6) is 1.10. The zero-order valence-electron chi connectivity index (χ0n) is 5.63. The standard InChI is InChI=1S/C6H12O2S/c1-7-2-3-9-6-4-8-5-6/h6H,2-5H2,1H3. The molecule has 0 aromatic rings. The summed E-state index contributed by atoms with van der Waals surface area (Å²) in [4.78, 5) is 0. The van der Waals surface area contributed by atoms with Gasteiger partial charge >= 0.3 is 0 Å². The highest BCUT2D eigenvalue weighted by Gasteiger charge is 2.17. The van der Waals surface area contributed by atoms with Crippen LogP contribution in [0.15, 0.2) is 0 Å². The van der Waals surface area contributed by atoms with Gasteiger partial charge in [0.15, 0.2) is 0 Å². The average Bonchev–Trinajstić information content (AvgIpc) is 1.76. The van der Waals surface area contributed by atoms with E-state index in [0.717, 1.165) is 30.8 Å². The molecule has 54 valence electrons. The van der Waals surface area contributed by atoms with Crippen LogP contribution in [0.4, 0.5) is 0 Å². The second-order valence-electron chi connectivity index (χ2n) is 2.02. The SMILES string of the molecule is COCCSC1COC1. The molecule has 0 bridgehead atoms. The highest BCUT2D eigenvalue weighted by molar-refractivity contribution is 8.00. The zero-order chi connectivity index (χ0) is 6.53. The molecule has 0 N–H and O–H groups in total. The second kappa shape index (κ2) is 4.14. The van der Waals surface area contributed by atoms with Gasteiger partial charge in [0.25, 0.3) is 0 Å². The van der Waals surface area contributed by atoms with Gasteiger partial charge in [-0.1, -0.05) is 0 Å². The first-order chi connectivity index (χ1) is 4.43. The summed E-state index contributed by atoms with van der Waals surface area (Å²) in [5.41, 5.74) is 0. The van der Waals surface area contributed by atoms with Crippen LogP contribution in [0.3, 0.4) is 0 Å². The molecule has 9 heavy (non-hydrogen) atoms. The van der Waals surface area contributed by atoms with Crippen molar-refractivity contribution in [1.29, 1.82) is 0 Å². The summed E-state index contributed by atoms with van der Waals surface area (Å²) >= 11 is 1.94. The smallest absolute Gasteiger partial charge is 0.0607 e. The number of ether oxygens (including phenoxy) is 2. The average molecular weight is 148 g/mol. The molecule has 3 heteroatoms. The fourth-order valence-corrected chi connectivity index (χ4v) is 1.59. The van der Waals surface area contributed by atoms with Crippen molar-refractivity contribution in [2.24, 2.45) is 0 Å². The summed E-state index contributed by atoms with van der Waals surface area (Å²) in [6.45, 7) is 2.74. The van der Waals surface area contributed by atoms with E-state index in [4.69, 9.17) is 9.47 Å². The minimum Gasteiger partial charge on any atom is -0.384 e. The number of hydrogen-bond donors (Lipinski definition) is 0. The van der Waals surface area contributed by atoms with Crippen molar-refractivity contribution >= 4 is 11.8 Å². The fourth-order valence-electron chi connectivity index (χ4n) is 0.608. The van der Waals surface area contributed by atoms with Crippen molar-refractivity contribution in [1.82, 2.24) is 0 Å². The molecule has 1 fully saturated rings. The molecule has 1 rings (SSSR count). The van der Waals surface area contributed by atoms with Gasteiger partial charge in [0, 0.05) is 12.9 Å². The van der Waals surface area contributed by atoms with E-state index in [1.807, 2.05) is 11.8 Å². The minimum atomic E-state index is 0.750. The number of hydrogen-bond acceptors (Lipinski definition) is 3. The molecule has 0 aromatic carbocycles. The largest absolute Gasteiger partial charge is 0.384 e. The second-order valence-corrected chi connectivity index (χ2v) is 3.43. The van der Waals surface area contributed by atoms with Crippen molar-refractivity contribution in [2.45, 2.75) is 5.25 Å². The molecule has 0 amide bonds. The molecule has 1 aliphatic rings. The maximum absolute atomic E-state index is 5.00. The Balaban J connectivity index is 1.80. The van der Waals surface area contributed by atoms with Gasteiger partial charge in [-0.3, -0.25) is 0 Å². The van der Waals surface area contributed by atoms with Gasteiger partial charge in [-0.05, 0) is 0 Å². The maximum atomic E-state index is 5.00. The normalized spacial score (nSPS) is 19.7. The van der Waals surface area contributed by atoms with E-state index in [0.29, 0.717) is 0 Å². The first-order valence-corrected chi connectivity index (χ1v) is 4.16. The Hall–Kier alpha value is 0.270. The number of methoxy groups -OCH3 is 1. The third-order valence-corrected chi connectivity index (χ3v) is 2.39. The van der Waals surface area contributed by atoms with Crippen LogP contribution in [-0.4, -0.2) is 37.9 Å². The van der Waals surface area contributed by atoms with Crippen LogP contribution in [0.1, 0.15) is 0 Å². The van der Waals surface area contributed by atoms with E-state index in [-0.39, 0.29) is 0 Å². The lowest BCUT2D eigenvalue weighted by Gasteiger charge is -2.24. The topological polar surface area (TPSA) is 18.5 Å². The third kappa shape index (κ3) is 2.56. The monoisotopic (exact) mass is 148 g/mol. The van der Waals surface area contributed by atoms with Gasteiger partial charge in [0.1, 0.15) is 0 Å². The van der Waals surface area contributed by atoms with E-state index < -0.39 is 0 Å². The van der Waals surface area contributed by atoms with E-state index >= 15 is 0 Å². The van der Waals surface area contributed by atoms with Crippen LogP contribution in [0.5, 0.6) is 0 Å². The Morgan fingerprint density at radius 2 is 2.44 bits per heavy atom. The Kier molecular flexibility index (Phi) is 3.40.